The summed E-state index contributed by atoms with van der Waals surface area (Å²) >= 11 is 6.01. The molecular formula is C16H16ClNO2. The number of halogens is 1. The van der Waals surface area contributed by atoms with E-state index in [4.69, 9.17) is 11.6 Å². The Kier molecular flexibility index (Phi) is 4.77. The topological polar surface area (TPSA) is 49.3 Å². The van der Waals surface area contributed by atoms with Crippen LogP contribution in [-0.4, -0.2) is 17.1 Å². The van der Waals surface area contributed by atoms with Crippen molar-refractivity contribution in [3.8, 4) is 0 Å². The van der Waals surface area contributed by atoms with E-state index in [0.29, 0.717) is 5.02 Å². The first kappa shape index (κ1) is 14.6. The molecule has 0 spiro atoms. The third kappa shape index (κ3) is 3.59. The Morgan fingerprint density at radius 1 is 1.10 bits per heavy atom. The fraction of sp³-hybridized carbons (Fsp3) is 0.188. The molecule has 104 valence electrons. The lowest BCUT2D eigenvalue weighted by Gasteiger charge is -2.21. The van der Waals surface area contributed by atoms with Gasteiger partial charge in [-0.1, -0.05) is 54.1 Å². The Hall–Kier alpha value is -1.84. The van der Waals surface area contributed by atoms with E-state index in [-0.39, 0.29) is 6.04 Å². The number of benzene rings is 2. The number of nitrogens with one attached hydrogen (secondary N) is 1. The largest absolute Gasteiger partial charge is 0.384 e. The van der Waals surface area contributed by atoms with Gasteiger partial charge in [0.1, 0.15) is 6.10 Å². The minimum Gasteiger partial charge on any atom is -0.384 e. The molecule has 0 aliphatic carbocycles. The molecule has 0 aliphatic rings. The Morgan fingerprint density at radius 2 is 1.75 bits per heavy atom. The maximum absolute atomic E-state index is 11.8. The summed E-state index contributed by atoms with van der Waals surface area (Å²) in [7, 11) is 0. The molecule has 0 aliphatic heterocycles. The number of amides is 1. The van der Waals surface area contributed by atoms with E-state index < -0.39 is 12.0 Å². The second kappa shape index (κ2) is 6.55. The molecule has 1 amide bonds. The quantitative estimate of drug-likeness (QED) is 0.909. The fourth-order valence-electron chi connectivity index (χ4n) is 1.95. The second-order valence-corrected chi connectivity index (χ2v) is 5.02. The summed E-state index contributed by atoms with van der Waals surface area (Å²) < 4.78 is 0. The van der Waals surface area contributed by atoms with Crippen LogP contribution in [0.3, 0.4) is 0 Å². The summed E-state index contributed by atoms with van der Waals surface area (Å²) in [6.07, 6.45) is -1.06. The summed E-state index contributed by atoms with van der Waals surface area (Å²) in [6.45, 7) is 1.44. The molecule has 3 nitrogen and oxygen atoms in total. The van der Waals surface area contributed by atoms with Crippen molar-refractivity contribution in [1.29, 1.82) is 0 Å². The minimum absolute atomic E-state index is 0.336. The van der Waals surface area contributed by atoms with Crippen molar-refractivity contribution in [2.45, 2.75) is 19.1 Å². The van der Waals surface area contributed by atoms with Crippen LogP contribution in [0.5, 0.6) is 0 Å². The Labute approximate surface area is 123 Å². The van der Waals surface area contributed by atoms with Gasteiger partial charge in [0.15, 0.2) is 0 Å². The molecule has 4 heteroatoms. The van der Waals surface area contributed by atoms with Crippen LogP contribution >= 0.6 is 11.6 Å². The van der Waals surface area contributed by atoms with E-state index in [1.807, 2.05) is 48.5 Å². The van der Waals surface area contributed by atoms with Crippen molar-refractivity contribution in [2.24, 2.45) is 0 Å². The third-order valence-corrected chi connectivity index (χ3v) is 3.22. The predicted molar refractivity (Wildman–Crippen MR) is 79.6 cm³/mol. The number of carbonyl (C=O) groups excluding carboxylic acids is 1. The second-order valence-electron chi connectivity index (χ2n) is 4.58. The zero-order chi connectivity index (χ0) is 14.5. The third-order valence-electron chi connectivity index (χ3n) is 2.98. The molecule has 0 radical (unpaired) electrons. The summed E-state index contributed by atoms with van der Waals surface area (Å²) in [5.41, 5.74) is 1.81. The lowest BCUT2D eigenvalue weighted by Crippen LogP contribution is -2.36. The Bertz CT molecular complexity index is 584. The number of carbonyl (C=O) groups is 1. The molecule has 2 unspecified atom stereocenters. The van der Waals surface area contributed by atoms with Gasteiger partial charge >= 0.3 is 0 Å². The van der Waals surface area contributed by atoms with Gasteiger partial charge in [-0.2, -0.15) is 0 Å². The van der Waals surface area contributed by atoms with E-state index in [1.54, 1.807) is 6.07 Å². The van der Waals surface area contributed by atoms with Gasteiger partial charge in [0.25, 0.3) is 0 Å². The number of aliphatic hydroxyl groups is 1. The highest BCUT2D eigenvalue weighted by Crippen LogP contribution is 2.24. The highest BCUT2D eigenvalue weighted by Gasteiger charge is 2.19. The first-order valence-electron chi connectivity index (χ1n) is 6.37. The SMILES string of the molecule is CC(O)C(=O)NC(c1ccccc1)c1cccc(Cl)c1. The van der Waals surface area contributed by atoms with Gasteiger partial charge < -0.3 is 10.4 Å². The van der Waals surface area contributed by atoms with Crippen molar-refractivity contribution in [2.75, 3.05) is 0 Å². The maximum Gasteiger partial charge on any atom is 0.249 e. The normalized spacial score (nSPS) is 13.6. The lowest BCUT2D eigenvalue weighted by atomic mass is 9.98. The molecule has 2 aromatic carbocycles. The van der Waals surface area contributed by atoms with Crippen LogP contribution in [0, 0.1) is 0 Å². The van der Waals surface area contributed by atoms with E-state index in [0.717, 1.165) is 11.1 Å². The molecule has 0 saturated heterocycles. The number of hydrogen-bond acceptors (Lipinski definition) is 2. The van der Waals surface area contributed by atoms with Crippen LogP contribution in [0.25, 0.3) is 0 Å². The van der Waals surface area contributed by atoms with Gasteiger partial charge in [-0.15, -0.1) is 0 Å². The summed E-state index contributed by atoms with van der Waals surface area (Å²) in [5.74, 6) is -0.418. The molecular weight excluding hydrogens is 274 g/mol. The van der Waals surface area contributed by atoms with Gasteiger partial charge in [-0.3, -0.25) is 4.79 Å². The fourth-order valence-corrected chi connectivity index (χ4v) is 2.15. The average molecular weight is 290 g/mol. The van der Waals surface area contributed by atoms with Crippen molar-refractivity contribution in [3.63, 3.8) is 0 Å². The van der Waals surface area contributed by atoms with E-state index in [9.17, 15) is 9.90 Å². The molecule has 20 heavy (non-hydrogen) atoms. The van der Waals surface area contributed by atoms with E-state index >= 15 is 0 Å². The first-order valence-corrected chi connectivity index (χ1v) is 6.74. The van der Waals surface area contributed by atoms with Gasteiger partial charge in [0.05, 0.1) is 6.04 Å². The Balaban J connectivity index is 2.37. The van der Waals surface area contributed by atoms with Crippen molar-refractivity contribution >= 4 is 17.5 Å². The average Bonchev–Trinajstić information content (AvgIpc) is 2.45. The highest BCUT2D eigenvalue weighted by atomic mass is 35.5. The molecule has 0 bridgehead atoms. The van der Waals surface area contributed by atoms with Gasteiger partial charge in [-0.25, -0.2) is 0 Å². The lowest BCUT2D eigenvalue weighted by molar-refractivity contribution is -0.129. The molecule has 2 rings (SSSR count). The van der Waals surface area contributed by atoms with E-state index in [1.165, 1.54) is 6.92 Å². The van der Waals surface area contributed by atoms with Crippen LogP contribution in [0.1, 0.15) is 24.1 Å². The number of hydrogen-bond donors (Lipinski definition) is 2. The van der Waals surface area contributed by atoms with Gasteiger partial charge in [0, 0.05) is 5.02 Å². The predicted octanol–water partition coefficient (Wildman–Crippen LogP) is 2.93. The van der Waals surface area contributed by atoms with Crippen LogP contribution in [0.15, 0.2) is 54.6 Å². The Morgan fingerprint density at radius 3 is 2.35 bits per heavy atom. The van der Waals surface area contributed by atoms with Gasteiger partial charge in [-0.05, 0) is 30.2 Å². The van der Waals surface area contributed by atoms with Crippen molar-refractivity contribution in [3.05, 3.63) is 70.7 Å². The van der Waals surface area contributed by atoms with Gasteiger partial charge in [0.2, 0.25) is 5.91 Å². The summed E-state index contributed by atoms with van der Waals surface area (Å²) in [4.78, 5) is 11.8. The van der Waals surface area contributed by atoms with Crippen LogP contribution in [-0.2, 0) is 4.79 Å². The zero-order valence-corrected chi connectivity index (χ0v) is 11.8. The minimum atomic E-state index is -1.06. The number of aliphatic hydroxyl groups excluding tert-OH is 1. The number of rotatable bonds is 4. The van der Waals surface area contributed by atoms with Crippen LogP contribution < -0.4 is 5.32 Å². The molecule has 0 fully saturated rings. The monoisotopic (exact) mass is 289 g/mol. The maximum atomic E-state index is 11.8. The first-order chi connectivity index (χ1) is 9.58. The van der Waals surface area contributed by atoms with Crippen LogP contribution in [0.4, 0.5) is 0 Å². The molecule has 2 N–H and O–H groups in total. The smallest absolute Gasteiger partial charge is 0.249 e. The summed E-state index contributed by atoms with van der Waals surface area (Å²) in [6, 6.07) is 16.6. The highest BCUT2D eigenvalue weighted by molar-refractivity contribution is 6.30. The molecule has 2 atom stereocenters. The molecule has 2 aromatic rings. The molecule has 0 saturated carbocycles. The molecule has 0 aromatic heterocycles. The summed E-state index contributed by atoms with van der Waals surface area (Å²) in [5, 5.41) is 12.8. The van der Waals surface area contributed by atoms with Crippen molar-refractivity contribution in [1.82, 2.24) is 5.32 Å². The van der Waals surface area contributed by atoms with Crippen molar-refractivity contribution < 1.29 is 9.90 Å². The van der Waals surface area contributed by atoms with Crippen LogP contribution in [0.2, 0.25) is 5.02 Å². The zero-order valence-electron chi connectivity index (χ0n) is 11.1. The molecule has 0 heterocycles. The van der Waals surface area contributed by atoms with E-state index in [2.05, 4.69) is 5.32 Å². The standard InChI is InChI=1S/C16H16ClNO2/c1-11(19)16(20)18-15(12-6-3-2-4-7-12)13-8-5-9-14(17)10-13/h2-11,15,19H,1H3,(H,18,20).